The molecule has 2 aromatic rings. The topological polar surface area (TPSA) is 71.5 Å². The van der Waals surface area contributed by atoms with Gasteiger partial charge in [0.1, 0.15) is 7.14 Å². The van der Waals surface area contributed by atoms with Gasteiger partial charge in [0.25, 0.3) is 0 Å². The fourth-order valence-electron chi connectivity index (χ4n) is 7.58. The normalized spacial score (nSPS) is 25.0. The third-order valence-electron chi connectivity index (χ3n) is 9.44. The smallest absolute Gasteiger partial charge is 0.211 e. The maximum Gasteiger partial charge on any atom is 0.211 e. The molecule has 0 N–H and O–H groups in total. The predicted molar refractivity (Wildman–Crippen MR) is 160 cm³/mol. The van der Waals surface area contributed by atoms with E-state index in [-0.39, 0.29) is 23.1 Å². The lowest BCUT2D eigenvalue weighted by Crippen LogP contribution is -2.39. The van der Waals surface area contributed by atoms with E-state index >= 15 is 4.57 Å². The van der Waals surface area contributed by atoms with Crippen LogP contribution in [-0.2, 0) is 19.2 Å². The van der Waals surface area contributed by atoms with Crippen molar-refractivity contribution in [3.8, 4) is 0 Å². The van der Waals surface area contributed by atoms with Gasteiger partial charge in [-0.1, -0.05) is 99.2 Å². The molecule has 3 aliphatic rings. The first-order chi connectivity index (χ1) is 18.2. The van der Waals surface area contributed by atoms with Crippen molar-refractivity contribution in [2.24, 2.45) is 0 Å². The number of sulfonamides is 1. The second kappa shape index (κ2) is 11.7. The fourth-order valence-corrected chi connectivity index (χ4v) is 17.1. The predicted octanol–water partition coefficient (Wildman–Crippen LogP) is 6.43. The van der Waals surface area contributed by atoms with Crippen LogP contribution in [0.15, 0.2) is 60.7 Å². The van der Waals surface area contributed by atoms with Crippen molar-refractivity contribution in [1.82, 2.24) is 4.31 Å². The second-order valence-corrected chi connectivity index (χ2v) is 20.3. The zero-order valence-corrected chi connectivity index (χ0v) is 25.3. The zero-order chi connectivity index (χ0) is 26.8. The molecule has 1 saturated heterocycles. The van der Waals surface area contributed by atoms with Crippen LogP contribution in [0.3, 0.4) is 0 Å². The van der Waals surface area contributed by atoms with E-state index in [1.807, 2.05) is 60.7 Å². The Balaban J connectivity index is 1.53. The van der Waals surface area contributed by atoms with Crippen molar-refractivity contribution in [3.63, 3.8) is 0 Å². The number of rotatable bonds is 8. The highest BCUT2D eigenvalue weighted by molar-refractivity contribution is 7.88. The van der Waals surface area contributed by atoms with Gasteiger partial charge in [-0.15, -0.1) is 0 Å². The molecule has 2 aliphatic carbocycles. The summed E-state index contributed by atoms with van der Waals surface area (Å²) in [5, 5.41) is 1.51. The number of hydrogen-bond acceptors (Lipinski definition) is 4. The first kappa shape index (κ1) is 28.3. The SMILES string of the molecule is CS(=O)(=O)N1C[C@H](P(=O)(C2CCCCC2)C2CCCCC2)C[C@@H]1CP(=O)(c1ccccc1)c1ccccc1. The van der Waals surface area contributed by atoms with Crippen molar-refractivity contribution in [3.05, 3.63) is 60.7 Å². The van der Waals surface area contributed by atoms with Gasteiger partial charge in [-0.3, -0.25) is 0 Å². The standard InChI is InChI=1S/C30H43NO4P2S/c1-38(34,35)31-23-30(37(33,28-18-10-4-11-19-28)29-20-12-5-13-21-29)22-25(31)24-36(32,26-14-6-2-7-15-26)27-16-8-3-9-17-27/h2-3,6-9,14-17,25,28-30H,4-5,10-13,18-24H2,1H3/t25-,30-/m1/s1. The Bertz CT molecular complexity index is 1210. The van der Waals surface area contributed by atoms with Crippen molar-refractivity contribution in [1.29, 1.82) is 0 Å². The number of hydrogen-bond donors (Lipinski definition) is 0. The minimum Gasteiger partial charge on any atom is -0.323 e. The molecule has 5 nitrogen and oxygen atoms in total. The summed E-state index contributed by atoms with van der Waals surface area (Å²) in [5.74, 6) is 0. The lowest BCUT2D eigenvalue weighted by Gasteiger charge is -2.41. The highest BCUT2D eigenvalue weighted by Crippen LogP contribution is 2.68. The van der Waals surface area contributed by atoms with Gasteiger partial charge in [0, 0.05) is 46.3 Å². The van der Waals surface area contributed by atoms with E-state index in [2.05, 4.69) is 0 Å². The molecule has 2 aromatic carbocycles. The molecular weight excluding hydrogens is 532 g/mol. The Morgan fingerprint density at radius 1 is 0.711 bits per heavy atom. The molecule has 1 heterocycles. The third kappa shape index (κ3) is 5.67. The maximum absolute atomic E-state index is 15.4. The second-order valence-electron chi connectivity index (χ2n) is 11.8. The molecule has 0 unspecified atom stereocenters. The monoisotopic (exact) mass is 575 g/mol. The van der Waals surface area contributed by atoms with Gasteiger partial charge in [0.2, 0.25) is 10.0 Å². The molecule has 2 atom stereocenters. The van der Waals surface area contributed by atoms with Crippen LogP contribution >= 0.6 is 14.3 Å². The molecular formula is C30H43NO4P2S. The number of benzene rings is 2. The molecule has 38 heavy (non-hydrogen) atoms. The lowest BCUT2D eigenvalue weighted by molar-refractivity contribution is 0.411. The third-order valence-corrected chi connectivity index (χ3v) is 18.8. The van der Waals surface area contributed by atoms with Crippen LogP contribution in [0.25, 0.3) is 0 Å². The fraction of sp³-hybridized carbons (Fsp3) is 0.600. The van der Waals surface area contributed by atoms with Gasteiger partial charge in [-0.2, -0.15) is 4.31 Å². The van der Waals surface area contributed by atoms with Crippen molar-refractivity contribution >= 4 is 34.9 Å². The molecule has 1 aliphatic heterocycles. The molecule has 0 bridgehead atoms. The van der Waals surface area contributed by atoms with Crippen molar-refractivity contribution in [2.45, 2.75) is 93.6 Å². The summed E-state index contributed by atoms with van der Waals surface area (Å²) in [6, 6.07) is 18.6. The van der Waals surface area contributed by atoms with Gasteiger partial charge < -0.3 is 9.13 Å². The zero-order valence-electron chi connectivity index (χ0n) is 22.7. The van der Waals surface area contributed by atoms with Gasteiger partial charge >= 0.3 is 0 Å². The van der Waals surface area contributed by atoms with Crippen LogP contribution in [0, 0.1) is 0 Å². The quantitative estimate of drug-likeness (QED) is 0.340. The Kier molecular flexibility index (Phi) is 8.75. The summed E-state index contributed by atoms with van der Waals surface area (Å²) in [6.07, 6.45) is 13.1. The first-order valence-electron chi connectivity index (χ1n) is 14.5. The molecule has 0 radical (unpaired) electrons. The van der Waals surface area contributed by atoms with Crippen LogP contribution in [0.4, 0.5) is 0 Å². The van der Waals surface area contributed by atoms with Gasteiger partial charge in [-0.25, -0.2) is 8.42 Å². The van der Waals surface area contributed by atoms with E-state index in [0.717, 1.165) is 62.0 Å². The molecule has 0 aromatic heterocycles. The van der Waals surface area contributed by atoms with E-state index in [1.165, 1.54) is 19.1 Å². The molecule has 0 amide bonds. The van der Waals surface area contributed by atoms with E-state index < -0.39 is 30.3 Å². The van der Waals surface area contributed by atoms with Crippen LogP contribution in [-0.4, -0.2) is 54.7 Å². The van der Waals surface area contributed by atoms with Crippen LogP contribution in [0.5, 0.6) is 0 Å². The van der Waals surface area contributed by atoms with Crippen molar-refractivity contribution in [2.75, 3.05) is 19.0 Å². The van der Waals surface area contributed by atoms with E-state index in [1.54, 1.807) is 4.31 Å². The summed E-state index contributed by atoms with van der Waals surface area (Å²) < 4.78 is 58.2. The van der Waals surface area contributed by atoms with Gasteiger partial charge in [0.05, 0.1) is 13.4 Å². The summed E-state index contributed by atoms with van der Waals surface area (Å²) in [5.41, 5.74) is 0.313. The Hall–Kier alpha value is -1.19. The lowest BCUT2D eigenvalue weighted by atomic mass is 9.99. The van der Waals surface area contributed by atoms with E-state index in [0.29, 0.717) is 13.0 Å². The Labute approximate surface area is 229 Å². The Morgan fingerprint density at radius 2 is 1.16 bits per heavy atom. The van der Waals surface area contributed by atoms with Crippen LogP contribution in [0.2, 0.25) is 0 Å². The molecule has 0 spiro atoms. The highest BCUT2D eigenvalue weighted by atomic mass is 32.2. The molecule has 8 heteroatoms. The van der Waals surface area contributed by atoms with Crippen LogP contribution in [0.1, 0.15) is 70.6 Å². The average molecular weight is 576 g/mol. The average Bonchev–Trinajstić information content (AvgIpc) is 3.39. The minimum absolute atomic E-state index is 0.131. The van der Waals surface area contributed by atoms with Gasteiger partial charge in [0.15, 0.2) is 0 Å². The van der Waals surface area contributed by atoms with Gasteiger partial charge in [-0.05, 0) is 32.1 Å². The van der Waals surface area contributed by atoms with Crippen LogP contribution < -0.4 is 10.6 Å². The first-order valence-corrected chi connectivity index (χ1v) is 20.1. The van der Waals surface area contributed by atoms with E-state index in [9.17, 15) is 13.0 Å². The molecule has 2 saturated carbocycles. The number of nitrogens with zero attached hydrogens (tertiary/aromatic N) is 1. The Morgan fingerprint density at radius 3 is 1.58 bits per heavy atom. The molecule has 5 rings (SSSR count). The summed E-state index contributed by atoms with van der Waals surface area (Å²) >= 11 is 0. The largest absolute Gasteiger partial charge is 0.323 e. The molecule has 208 valence electrons. The minimum atomic E-state index is -3.55. The van der Waals surface area contributed by atoms with Crippen molar-refractivity contribution < 1.29 is 17.5 Å². The molecule has 3 fully saturated rings. The summed E-state index contributed by atoms with van der Waals surface area (Å²) in [6.45, 7) is 0.317. The highest BCUT2D eigenvalue weighted by Gasteiger charge is 2.53. The maximum atomic E-state index is 15.4. The summed E-state index contributed by atoms with van der Waals surface area (Å²) in [4.78, 5) is 0. The van der Waals surface area contributed by atoms with E-state index in [4.69, 9.17) is 0 Å². The summed E-state index contributed by atoms with van der Waals surface area (Å²) in [7, 11) is -9.34.